The van der Waals surface area contributed by atoms with Gasteiger partial charge in [0.25, 0.3) is 5.91 Å². The zero-order valence-corrected chi connectivity index (χ0v) is 33.7. The largest absolute Gasteiger partial charge is 0.444 e. The molecule has 3 aromatic carbocycles. The summed E-state index contributed by atoms with van der Waals surface area (Å²) in [6, 6.07) is 24.1. The van der Waals surface area contributed by atoms with Crippen molar-refractivity contribution in [2.24, 2.45) is 4.99 Å². The van der Waals surface area contributed by atoms with Crippen LogP contribution < -0.4 is 20.9 Å². The highest BCUT2D eigenvalue weighted by atomic mass is 32.2. The second kappa shape index (κ2) is 19.0. The van der Waals surface area contributed by atoms with Gasteiger partial charge in [0.2, 0.25) is 5.96 Å². The van der Waals surface area contributed by atoms with Gasteiger partial charge in [-0.3, -0.25) is 25.7 Å². The van der Waals surface area contributed by atoms with Crippen molar-refractivity contribution in [3.8, 4) is 6.07 Å². The van der Waals surface area contributed by atoms with Crippen molar-refractivity contribution in [3.63, 3.8) is 0 Å². The van der Waals surface area contributed by atoms with Crippen molar-refractivity contribution in [3.05, 3.63) is 94.5 Å². The smallest absolute Gasteiger partial charge is 0.414 e. The lowest BCUT2D eigenvalue weighted by Gasteiger charge is -2.23. The molecule has 3 amide bonds. The van der Waals surface area contributed by atoms with E-state index < -0.39 is 23.4 Å². The van der Waals surface area contributed by atoms with Gasteiger partial charge >= 0.3 is 12.2 Å². The Balaban J connectivity index is 0.000000609. The molecule has 0 aliphatic carbocycles. The van der Waals surface area contributed by atoms with E-state index in [9.17, 15) is 14.4 Å². The van der Waals surface area contributed by atoms with Gasteiger partial charge in [0, 0.05) is 29.9 Å². The average molecular weight is 773 g/mol. The SMILES string of the molecule is C/C(=C1\SC(=N)N(Cc2ccccc2)C1=O)N(C)c1ccc(N=C(NC(=O)OC(C)(C)C)NC(=O)OC(C)(C)C)cc1S.CCNc1ccc(C#N)cc1. The predicted octanol–water partition coefficient (Wildman–Crippen LogP) is 8.38. The molecule has 4 N–H and O–H groups in total. The molecule has 0 unspecified atom stereocenters. The number of allylic oxidation sites excluding steroid dienone is 1. The number of hydrogen-bond acceptors (Lipinski definition) is 12. The Bertz CT molecular complexity index is 1900. The van der Waals surface area contributed by atoms with Gasteiger partial charge in [0.1, 0.15) is 11.2 Å². The molecule has 0 atom stereocenters. The first-order chi connectivity index (χ1) is 25.3. The van der Waals surface area contributed by atoms with Gasteiger partial charge in [-0.25, -0.2) is 14.6 Å². The van der Waals surface area contributed by atoms with E-state index in [-0.39, 0.29) is 17.0 Å². The number of benzene rings is 3. The molecular weight excluding hydrogens is 725 g/mol. The second-order valence-electron chi connectivity index (χ2n) is 13.9. The number of nitrogens with one attached hydrogen (secondary N) is 4. The zero-order valence-electron chi connectivity index (χ0n) is 32.0. The van der Waals surface area contributed by atoms with Gasteiger partial charge in [-0.05, 0) is 115 Å². The summed E-state index contributed by atoms with van der Waals surface area (Å²) in [4.78, 5) is 46.7. The van der Waals surface area contributed by atoms with Crippen LogP contribution in [0, 0.1) is 16.7 Å². The number of guanidine groups is 1. The predicted molar refractivity (Wildman–Crippen MR) is 218 cm³/mol. The van der Waals surface area contributed by atoms with Crippen LogP contribution in [-0.4, -0.2) is 58.9 Å². The second-order valence-corrected chi connectivity index (χ2v) is 15.3. The van der Waals surface area contributed by atoms with E-state index in [0.717, 1.165) is 29.6 Å². The summed E-state index contributed by atoms with van der Waals surface area (Å²) in [6.07, 6.45) is -1.62. The molecule has 54 heavy (non-hydrogen) atoms. The van der Waals surface area contributed by atoms with E-state index in [1.807, 2.05) is 61.2 Å². The van der Waals surface area contributed by atoms with Gasteiger partial charge in [-0.15, -0.1) is 12.6 Å². The fourth-order valence-electron chi connectivity index (χ4n) is 4.63. The lowest BCUT2D eigenvalue weighted by atomic mass is 10.2. The van der Waals surface area contributed by atoms with Crippen LogP contribution in [0.4, 0.5) is 26.7 Å². The quantitative estimate of drug-likeness (QED) is 0.0685. The highest BCUT2D eigenvalue weighted by molar-refractivity contribution is 8.18. The van der Waals surface area contributed by atoms with Gasteiger partial charge in [-0.2, -0.15) is 5.26 Å². The van der Waals surface area contributed by atoms with Crippen molar-refractivity contribution < 1.29 is 23.9 Å². The van der Waals surface area contributed by atoms with Crippen LogP contribution in [0.5, 0.6) is 0 Å². The first-order valence-corrected chi connectivity index (χ1v) is 18.3. The van der Waals surface area contributed by atoms with E-state index in [2.05, 4.69) is 39.6 Å². The molecule has 1 aliphatic rings. The monoisotopic (exact) mass is 772 g/mol. The maximum absolute atomic E-state index is 13.3. The van der Waals surface area contributed by atoms with Crippen molar-refractivity contribution in [2.45, 2.75) is 78.0 Å². The van der Waals surface area contributed by atoms with Gasteiger partial charge < -0.3 is 19.7 Å². The molecule has 3 aromatic rings. The Labute approximate surface area is 327 Å². The van der Waals surface area contributed by atoms with Gasteiger partial charge in [0.05, 0.1) is 34.5 Å². The van der Waals surface area contributed by atoms with Crippen molar-refractivity contribution in [1.82, 2.24) is 15.5 Å². The van der Waals surface area contributed by atoms with Gasteiger partial charge in [0.15, 0.2) is 5.17 Å². The minimum Gasteiger partial charge on any atom is -0.444 e. The third-order valence-electron chi connectivity index (χ3n) is 7.09. The number of alkyl carbamates (subject to hydrolysis) is 2. The molecule has 1 saturated heterocycles. The molecule has 0 radical (unpaired) electrons. The van der Waals surface area contributed by atoms with E-state index in [0.29, 0.717) is 39.0 Å². The molecule has 0 spiro atoms. The van der Waals surface area contributed by atoms with E-state index in [4.69, 9.17) is 20.1 Å². The lowest BCUT2D eigenvalue weighted by Crippen LogP contribution is -2.47. The molecular formula is C39H48N8O5S2. The van der Waals surface area contributed by atoms with Crippen LogP contribution in [0.15, 0.2) is 93.3 Å². The number of anilines is 2. The molecule has 13 nitrogen and oxygen atoms in total. The third kappa shape index (κ3) is 13.5. The Hall–Kier alpha value is -5.46. The number of carbonyl (C=O) groups is 3. The molecule has 0 bridgehead atoms. The number of amides is 3. The fraction of sp³-hybridized carbons (Fsp3) is 0.333. The summed E-state index contributed by atoms with van der Waals surface area (Å²) in [7, 11) is 1.80. The minimum absolute atomic E-state index is 0.162. The maximum atomic E-state index is 13.3. The summed E-state index contributed by atoms with van der Waals surface area (Å²) in [6.45, 7) is 15.4. The average Bonchev–Trinajstić information content (AvgIpc) is 3.35. The van der Waals surface area contributed by atoms with Crippen molar-refractivity contribution in [1.29, 1.82) is 10.7 Å². The number of thiol groups is 1. The van der Waals surface area contributed by atoms with Crippen LogP contribution in [0.2, 0.25) is 0 Å². The van der Waals surface area contributed by atoms with Gasteiger partial charge in [-0.1, -0.05) is 30.3 Å². The molecule has 286 valence electrons. The number of hydrogen-bond donors (Lipinski definition) is 5. The Morgan fingerprint density at radius 3 is 2.04 bits per heavy atom. The number of thioether (sulfide) groups is 1. The highest BCUT2D eigenvalue weighted by Crippen LogP contribution is 2.37. The molecule has 1 fully saturated rings. The van der Waals surface area contributed by atoms with Crippen molar-refractivity contribution >= 4 is 70.7 Å². The number of amidine groups is 1. The zero-order chi connectivity index (χ0) is 40.2. The Morgan fingerprint density at radius 1 is 0.963 bits per heavy atom. The number of nitriles is 1. The van der Waals surface area contributed by atoms with Crippen LogP contribution in [-0.2, 0) is 20.8 Å². The van der Waals surface area contributed by atoms with E-state index in [1.54, 1.807) is 78.9 Å². The number of nitrogens with zero attached hydrogens (tertiary/aromatic N) is 4. The van der Waals surface area contributed by atoms with Crippen LogP contribution in [0.25, 0.3) is 0 Å². The number of aliphatic imine (C=N–C) groups is 1. The lowest BCUT2D eigenvalue weighted by molar-refractivity contribution is -0.122. The van der Waals surface area contributed by atoms with E-state index >= 15 is 0 Å². The van der Waals surface area contributed by atoms with Crippen LogP contribution in [0.3, 0.4) is 0 Å². The summed E-state index contributed by atoms with van der Waals surface area (Å²) < 4.78 is 10.6. The Kier molecular flexibility index (Phi) is 15.1. The standard InChI is InChI=1S/C30H38N6O5S2.C9H10N2/c1-18(23-24(37)36(25(31)43-23)17-19-12-10-9-11-13-19)35(8)21-15-14-20(16-22(21)42)32-26(33-27(38)40-29(2,3)4)34-28(39)41-30(5,6)7;1-2-11-9-5-3-8(7-10)4-6-9/h9-16,31,42H,17H2,1-8H3,(H2,32,33,34,38,39);3-6,11H,2H2,1H3/b23-18+,31-25?;. The number of carbonyl (C=O) groups excluding carboxylic acids is 3. The third-order valence-corrected chi connectivity index (χ3v) is 8.54. The molecule has 0 aromatic heterocycles. The fourth-order valence-corrected chi connectivity index (χ4v) is 5.92. The summed E-state index contributed by atoms with van der Waals surface area (Å²) in [5.41, 5.74) is 2.86. The normalized spacial score (nSPS) is 13.5. The molecule has 1 heterocycles. The van der Waals surface area contributed by atoms with Crippen molar-refractivity contribution in [2.75, 3.05) is 23.8 Å². The molecule has 1 aliphatic heterocycles. The summed E-state index contributed by atoms with van der Waals surface area (Å²) in [5, 5.41) is 25.1. The van der Waals surface area contributed by atoms with Crippen LogP contribution >= 0.6 is 24.4 Å². The first-order valence-electron chi connectivity index (χ1n) is 17.0. The Morgan fingerprint density at radius 2 is 1.54 bits per heavy atom. The molecule has 15 heteroatoms. The highest BCUT2D eigenvalue weighted by Gasteiger charge is 2.35. The molecule has 4 rings (SSSR count). The molecule has 0 saturated carbocycles. The van der Waals surface area contributed by atoms with Crippen LogP contribution in [0.1, 0.15) is 66.5 Å². The summed E-state index contributed by atoms with van der Waals surface area (Å²) in [5.74, 6) is -0.433. The minimum atomic E-state index is -0.808. The topological polar surface area (TPSA) is 172 Å². The summed E-state index contributed by atoms with van der Waals surface area (Å²) >= 11 is 5.76. The number of rotatable bonds is 7. The number of ether oxygens (including phenoxy) is 2. The maximum Gasteiger partial charge on any atom is 0.414 e. The van der Waals surface area contributed by atoms with E-state index in [1.165, 1.54) is 4.90 Å². The first kappa shape index (κ1) is 42.9.